The summed E-state index contributed by atoms with van der Waals surface area (Å²) < 4.78 is 13.0. The molecular weight excluding hydrogens is 193 g/mol. The summed E-state index contributed by atoms with van der Waals surface area (Å²) in [7, 11) is 0. The Kier molecular flexibility index (Phi) is 4.43. The number of halogens is 1. The Bertz CT molecular complexity index is 334. The number of nitrogens with zero attached hydrogens (tertiary/aromatic N) is 1. The number of carbonyl (C=O) groups excluding carboxylic acids is 1. The smallest absolute Gasteiger partial charge is 0.153 e. The summed E-state index contributed by atoms with van der Waals surface area (Å²) >= 11 is 0. The van der Waals surface area contributed by atoms with Crippen LogP contribution in [0, 0.1) is 5.82 Å². The van der Waals surface area contributed by atoms with E-state index in [0.29, 0.717) is 6.29 Å². The summed E-state index contributed by atoms with van der Waals surface area (Å²) in [5.74, 6) is -0.451. The first-order valence-electron chi connectivity index (χ1n) is 5.17. The van der Waals surface area contributed by atoms with Crippen molar-refractivity contribution in [1.29, 1.82) is 0 Å². The van der Waals surface area contributed by atoms with Crippen LogP contribution in [0.25, 0.3) is 0 Å². The second kappa shape index (κ2) is 5.61. The molecule has 0 saturated carbocycles. The van der Waals surface area contributed by atoms with Crippen molar-refractivity contribution in [1.82, 2.24) is 4.90 Å². The molecule has 0 aromatic heterocycles. The molecule has 0 atom stereocenters. The molecule has 0 unspecified atom stereocenters. The Morgan fingerprint density at radius 1 is 1.33 bits per heavy atom. The molecule has 0 aliphatic heterocycles. The van der Waals surface area contributed by atoms with E-state index in [4.69, 9.17) is 0 Å². The average Bonchev–Trinajstić information content (AvgIpc) is 2.28. The van der Waals surface area contributed by atoms with Crippen LogP contribution in [0.3, 0.4) is 0 Å². The van der Waals surface area contributed by atoms with Crippen LogP contribution in [0.4, 0.5) is 4.39 Å². The molecule has 0 N–H and O–H groups in total. The van der Waals surface area contributed by atoms with E-state index in [1.54, 1.807) is 12.1 Å². The molecule has 0 aliphatic carbocycles. The fraction of sp³-hybridized carbons (Fsp3) is 0.417. The number of hydrogen-bond acceptors (Lipinski definition) is 2. The molecule has 3 heteroatoms. The molecule has 0 amide bonds. The van der Waals surface area contributed by atoms with Crippen molar-refractivity contribution in [3.63, 3.8) is 0 Å². The van der Waals surface area contributed by atoms with Gasteiger partial charge in [0.1, 0.15) is 5.82 Å². The van der Waals surface area contributed by atoms with Crippen LogP contribution in [0.15, 0.2) is 18.2 Å². The number of carbonyl (C=O) groups is 1. The van der Waals surface area contributed by atoms with Crippen LogP contribution in [-0.2, 0) is 6.54 Å². The summed E-state index contributed by atoms with van der Waals surface area (Å²) in [5, 5.41) is 0. The Labute approximate surface area is 89.7 Å². The highest BCUT2D eigenvalue weighted by atomic mass is 19.1. The van der Waals surface area contributed by atoms with Crippen molar-refractivity contribution in [2.24, 2.45) is 0 Å². The maximum Gasteiger partial charge on any atom is 0.153 e. The normalized spacial score (nSPS) is 10.7. The summed E-state index contributed by atoms with van der Waals surface area (Å²) in [4.78, 5) is 12.8. The Morgan fingerprint density at radius 2 is 2.00 bits per heavy atom. The van der Waals surface area contributed by atoms with Gasteiger partial charge in [0.15, 0.2) is 6.29 Å². The van der Waals surface area contributed by atoms with Gasteiger partial charge in [-0.1, -0.05) is 19.9 Å². The lowest BCUT2D eigenvalue weighted by Gasteiger charge is -2.18. The van der Waals surface area contributed by atoms with Crippen LogP contribution < -0.4 is 0 Å². The lowest BCUT2D eigenvalue weighted by Crippen LogP contribution is -2.22. The van der Waals surface area contributed by atoms with Crippen molar-refractivity contribution in [3.8, 4) is 0 Å². The first-order chi connectivity index (χ1) is 7.21. The van der Waals surface area contributed by atoms with E-state index in [0.717, 1.165) is 25.2 Å². The monoisotopic (exact) mass is 209 g/mol. The second-order valence-electron chi connectivity index (χ2n) is 3.44. The molecule has 1 aromatic carbocycles. The van der Waals surface area contributed by atoms with E-state index in [1.165, 1.54) is 6.07 Å². The predicted octanol–water partition coefficient (Wildman–Crippen LogP) is 2.48. The summed E-state index contributed by atoms with van der Waals surface area (Å²) in [6.45, 7) is 6.81. The Morgan fingerprint density at radius 3 is 2.53 bits per heavy atom. The van der Waals surface area contributed by atoms with Gasteiger partial charge < -0.3 is 0 Å². The van der Waals surface area contributed by atoms with E-state index < -0.39 is 5.82 Å². The minimum Gasteiger partial charge on any atom is -0.300 e. The summed E-state index contributed by atoms with van der Waals surface area (Å²) in [6, 6.07) is 4.68. The van der Waals surface area contributed by atoms with Crippen molar-refractivity contribution in [2.75, 3.05) is 13.1 Å². The molecule has 0 radical (unpaired) electrons. The van der Waals surface area contributed by atoms with E-state index >= 15 is 0 Å². The third-order valence-corrected chi connectivity index (χ3v) is 2.49. The van der Waals surface area contributed by atoms with Gasteiger partial charge in [0, 0.05) is 6.54 Å². The van der Waals surface area contributed by atoms with E-state index in [-0.39, 0.29) is 5.56 Å². The summed E-state index contributed by atoms with van der Waals surface area (Å²) in [6.07, 6.45) is 0.557. The van der Waals surface area contributed by atoms with Gasteiger partial charge in [-0.15, -0.1) is 0 Å². The standard InChI is InChI=1S/C12H16FNO/c1-3-14(4-2)8-10-5-6-12(13)11(7-10)9-15/h5-7,9H,3-4,8H2,1-2H3. The predicted molar refractivity (Wildman–Crippen MR) is 58.4 cm³/mol. The molecule has 15 heavy (non-hydrogen) atoms. The van der Waals surface area contributed by atoms with Crippen molar-refractivity contribution < 1.29 is 9.18 Å². The van der Waals surface area contributed by atoms with Gasteiger partial charge in [0.05, 0.1) is 5.56 Å². The lowest BCUT2D eigenvalue weighted by molar-refractivity contribution is 0.111. The zero-order valence-corrected chi connectivity index (χ0v) is 9.16. The minimum absolute atomic E-state index is 0.139. The first kappa shape index (κ1) is 11.9. The topological polar surface area (TPSA) is 20.3 Å². The van der Waals surface area contributed by atoms with Crippen LogP contribution in [0.5, 0.6) is 0 Å². The number of aldehydes is 1. The fourth-order valence-electron chi connectivity index (χ4n) is 1.49. The SMILES string of the molecule is CCN(CC)Cc1ccc(F)c(C=O)c1. The molecule has 0 fully saturated rings. The van der Waals surface area contributed by atoms with Crippen LogP contribution >= 0.6 is 0 Å². The highest BCUT2D eigenvalue weighted by Gasteiger charge is 2.05. The number of hydrogen-bond donors (Lipinski definition) is 0. The van der Waals surface area contributed by atoms with Gasteiger partial charge in [-0.2, -0.15) is 0 Å². The van der Waals surface area contributed by atoms with Gasteiger partial charge in [-0.05, 0) is 30.8 Å². The molecule has 2 nitrogen and oxygen atoms in total. The van der Waals surface area contributed by atoms with Crippen molar-refractivity contribution in [3.05, 3.63) is 35.1 Å². The van der Waals surface area contributed by atoms with Crippen molar-refractivity contribution >= 4 is 6.29 Å². The largest absolute Gasteiger partial charge is 0.300 e. The minimum atomic E-state index is -0.451. The maximum atomic E-state index is 13.0. The van der Waals surface area contributed by atoms with Crippen LogP contribution in [0.1, 0.15) is 29.8 Å². The van der Waals surface area contributed by atoms with Gasteiger partial charge in [-0.25, -0.2) is 4.39 Å². The lowest BCUT2D eigenvalue weighted by atomic mass is 10.1. The Hall–Kier alpha value is -1.22. The molecule has 0 saturated heterocycles. The first-order valence-corrected chi connectivity index (χ1v) is 5.17. The molecule has 0 aliphatic rings. The molecule has 0 bridgehead atoms. The average molecular weight is 209 g/mol. The number of rotatable bonds is 5. The van der Waals surface area contributed by atoms with Gasteiger partial charge in [0.25, 0.3) is 0 Å². The fourth-order valence-corrected chi connectivity index (χ4v) is 1.49. The summed E-state index contributed by atoms with van der Waals surface area (Å²) in [5.41, 5.74) is 1.11. The third kappa shape index (κ3) is 3.13. The highest BCUT2D eigenvalue weighted by molar-refractivity contribution is 5.75. The maximum absolute atomic E-state index is 13.0. The zero-order valence-electron chi connectivity index (χ0n) is 9.16. The quantitative estimate of drug-likeness (QED) is 0.694. The molecule has 82 valence electrons. The van der Waals surface area contributed by atoms with Crippen LogP contribution in [0.2, 0.25) is 0 Å². The van der Waals surface area contributed by atoms with E-state index in [9.17, 15) is 9.18 Å². The molecule has 0 spiro atoms. The van der Waals surface area contributed by atoms with Gasteiger partial charge in [-0.3, -0.25) is 9.69 Å². The van der Waals surface area contributed by atoms with Gasteiger partial charge >= 0.3 is 0 Å². The molecule has 1 rings (SSSR count). The van der Waals surface area contributed by atoms with Crippen molar-refractivity contribution in [2.45, 2.75) is 20.4 Å². The molecule has 1 aromatic rings. The van der Waals surface area contributed by atoms with Crippen LogP contribution in [-0.4, -0.2) is 24.3 Å². The second-order valence-corrected chi connectivity index (χ2v) is 3.44. The Balaban J connectivity index is 2.82. The third-order valence-electron chi connectivity index (χ3n) is 2.49. The molecule has 0 heterocycles. The molecular formula is C12H16FNO. The van der Waals surface area contributed by atoms with E-state index in [1.807, 2.05) is 0 Å². The highest BCUT2D eigenvalue weighted by Crippen LogP contribution is 2.10. The number of benzene rings is 1. The van der Waals surface area contributed by atoms with E-state index in [2.05, 4.69) is 18.7 Å². The zero-order chi connectivity index (χ0) is 11.3. The van der Waals surface area contributed by atoms with Gasteiger partial charge in [0.2, 0.25) is 0 Å².